The zero-order valence-corrected chi connectivity index (χ0v) is 12.0. The SMILES string of the molecule is O=C1CNC(=O)N1CC1CCCN(Cc2cccnc2)C1. The minimum Gasteiger partial charge on any atom is -0.329 e. The highest BCUT2D eigenvalue weighted by Crippen LogP contribution is 2.20. The molecule has 2 fully saturated rings. The number of nitrogens with zero attached hydrogens (tertiary/aromatic N) is 3. The van der Waals surface area contributed by atoms with Crippen molar-refractivity contribution in [1.29, 1.82) is 0 Å². The van der Waals surface area contributed by atoms with Crippen molar-refractivity contribution >= 4 is 11.9 Å². The highest BCUT2D eigenvalue weighted by atomic mass is 16.2. The molecule has 1 aromatic rings. The summed E-state index contributed by atoms with van der Waals surface area (Å²) in [5, 5.41) is 2.58. The van der Waals surface area contributed by atoms with Crippen molar-refractivity contribution in [3.05, 3.63) is 30.1 Å². The van der Waals surface area contributed by atoms with E-state index in [0.29, 0.717) is 12.5 Å². The molecule has 3 heterocycles. The van der Waals surface area contributed by atoms with Crippen molar-refractivity contribution in [3.63, 3.8) is 0 Å². The average molecular weight is 288 g/mol. The fourth-order valence-corrected chi connectivity index (χ4v) is 3.09. The highest BCUT2D eigenvalue weighted by Gasteiger charge is 2.32. The summed E-state index contributed by atoms with van der Waals surface area (Å²) in [6, 6.07) is 3.78. The summed E-state index contributed by atoms with van der Waals surface area (Å²) in [5.74, 6) is 0.257. The second-order valence-electron chi connectivity index (χ2n) is 5.77. The Hall–Kier alpha value is -1.95. The lowest BCUT2D eigenvalue weighted by atomic mass is 9.97. The van der Waals surface area contributed by atoms with Crippen LogP contribution >= 0.6 is 0 Å². The van der Waals surface area contributed by atoms with E-state index in [9.17, 15) is 9.59 Å². The molecule has 0 spiro atoms. The standard InChI is InChI=1S/C15H20N4O2/c20-14-8-17-15(21)19(14)11-13-4-2-6-18(10-13)9-12-3-1-5-16-7-12/h1,3,5,7,13H,2,4,6,8-11H2,(H,17,21). The first-order valence-electron chi connectivity index (χ1n) is 7.42. The number of nitrogens with one attached hydrogen (secondary N) is 1. The number of piperidine rings is 1. The number of imide groups is 1. The van der Waals surface area contributed by atoms with Gasteiger partial charge >= 0.3 is 6.03 Å². The Bertz CT molecular complexity index is 504. The van der Waals surface area contributed by atoms with Gasteiger partial charge in [-0.3, -0.25) is 19.6 Å². The van der Waals surface area contributed by atoms with Crippen LogP contribution in [0.1, 0.15) is 18.4 Å². The number of hydrogen-bond acceptors (Lipinski definition) is 4. The number of pyridine rings is 1. The minimum absolute atomic E-state index is 0.107. The van der Waals surface area contributed by atoms with Gasteiger partial charge in [0, 0.05) is 32.0 Å². The summed E-state index contributed by atoms with van der Waals surface area (Å²) in [6.07, 6.45) is 5.84. The van der Waals surface area contributed by atoms with Crippen LogP contribution in [0.25, 0.3) is 0 Å². The van der Waals surface area contributed by atoms with Crippen molar-refractivity contribution in [2.75, 3.05) is 26.2 Å². The third-order valence-electron chi connectivity index (χ3n) is 4.11. The molecule has 1 atom stereocenters. The van der Waals surface area contributed by atoms with E-state index in [4.69, 9.17) is 0 Å². The van der Waals surface area contributed by atoms with Crippen LogP contribution in [0.15, 0.2) is 24.5 Å². The van der Waals surface area contributed by atoms with Gasteiger partial charge in [0.05, 0.1) is 6.54 Å². The van der Waals surface area contributed by atoms with E-state index < -0.39 is 0 Å². The molecule has 2 aliphatic heterocycles. The van der Waals surface area contributed by atoms with E-state index in [-0.39, 0.29) is 18.5 Å². The Morgan fingerprint density at radius 3 is 3.00 bits per heavy atom. The predicted octanol–water partition coefficient (Wildman–Crippen LogP) is 0.845. The normalized spacial score (nSPS) is 23.4. The summed E-state index contributed by atoms with van der Waals surface area (Å²) in [6.45, 7) is 3.54. The van der Waals surface area contributed by atoms with E-state index in [2.05, 4.69) is 21.3 Å². The fraction of sp³-hybridized carbons (Fsp3) is 0.533. The second-order valence-corrected chi connectivity index (χ2v) is 5.77. The highest BCUT2D eigenvalue weighted by molar-refractivity contribution is 6.01. The van der Waals surface area contributed by atoms with Crippen LogP contribution in [0, 0.1) is 5.92 Å². The molecule has 1 aromatic heterocycles. The Balaban J connectivity index is 1.56. The van der Waals surface area contributed by atoms with Crippen molar-refractivity contribution in [2.24, 2.45) is 5.92 Å². The fourth-order valence-electron chi connectivity index (χ4n) is 3.09. The van der Waals surface area contributed by atoms with Gasteiger partial charge in [0.15, 0.2) is 0 Å². The van der Waals surface area contributed by atoms with Gasteiger partial charge in [0.2, 0.25) is 5.91 Å². The van der Waals surface area contributed by atoms with Gasteiger partial charge in [-0.1, -0.05) is 6.07 Å². The number of aromatic nitrogens is 1. The van der Waals surface area contributed by atoms with Crippen LogP contribution in [0.3, 0.4) is 0 Å². The van der Waals surface area contributed by atoms with Crippen molar-refractivity contribution in [1.82, 2.24) is 20.1 Å². The molecular formula is C15H20N4O2. The van der Waals surface area contributed by atoms with Gasteiger partial charge in [-0.25, -0.2) is 4.79 Å². The van der Waals surface area contributed by atoms with Crippen molar-refractivity contribution < 1.29 is 9.59 Å². The molecule has 3 rings (SSSR count). The zero-order valence-electron chi connectivity index (χ0n) is 12.0. The molecular weight excluding hydrogens is 268 g/mol. The quantitative estimate of drug-likeness (QED) is 0.834. The number of hydrogen-bond donors (Lipinski definition) is 1. The van der Waals surface area contributed by atoms with E-state index in [1.54, 1.807) is 6.20 Å². The second kappa shape index (κ2) is 6.22. The minimum atomic E-state index is -0.246. The Kier molecular flexibility index (Phi) is 4.15. The van der Waals surface area contributed by atoms with E-state index >= 15 is 0 Å². The van der Waals surface area contributed by atoms with Crippen molar-refractivity contribution in [2.45, 2.75) is 19.4 Å². The number of carbonyl (C=O) groups is 2. The molecule has 0 aliphatic carbocycles. The summed E-state index contributed by atoms with van der Waals surface area (Å²) in [4.78, 5) is 31.1. The number of rotatable bonds is 4. The van der Waals surface area contributed by atoms with Gasteiger partial charge in [-0.05, 0) is 36.9 Å². The molecule has 0 bridgehead atoms. The molecule has 6 nitrogen and oxygen atoms in total. The van der Waals surface area contributed by atoms with Crippen LogP contribution in [0.2, 0.25) is 0 Å². The molecule has 21 heavy (non-hydrogen) atoms. The van der Waals surface area contributed by atoms with Crippen LogP contribution in [0.5, 0.6) is 0 Å². The summed E-state index contributed by atoms with van der Waals surface area (Å²) in [5.41, 5.74) is 1.20. The Morgan fingerprint density at radius 1 is 1.38 bits per heavy atom. The largest absolute Gasteiger partial charge is 0.329 e. The number of urea groups is 1. The number of likely N-dealkylation sites (tertiary alicyclic amines) is 1. The monoisotopic (exact) mass is 288 g/mol. The molecule has 6 heteroatoms. The Morgan fingerprint density at radius 2 is 2.29 bits per heavy atom. The first-order chi connectivity index (χ1) is 10.2. The zero-order chi connectivity index (χ0) is 14.7. The average Bonchev–Trinajstić information content (AvgIpc) is 2.81. The first-order valence-corrected chi connectivity index (χ1v) is 7.42. The molecule has 3 amide bonds. The third-order valence-corrected chi connectivity index (χ3v) is 4.11. The maximum absolute atomic E-state index is 11.7. The molecule has 2 saturated heterocycles. The molecule has 1 N–H and O–H groups in total. The lowest BCUT2D eigenvalue weighted by Gasteiger charge is -2.34. The maximum atomic E-state index is 11.7. The topological polar surface area (TPSA) is 65.5 Å². The lowest BCUT2D eigenvalue weighted by molar-refractivity contribution is -0.125. The smallest absolute Gasteiger partial charge is 0.324 e. The van der Waals surface area contributed by atoms with Crippen LogP contribution < -0.4 is 5.32 Å². The maximum Gasteiger partial charge on any atom is 0.324 e. The Labute approximate surface area is 124 Å². The summed E-state index contributed by atoms with van der Waals surface area (Å²) in [7, 11) is 0. The van der Waals surface area contributed by atoms with Gasteiger partial charge < -0.3 is 5.32 Å². The first kappa shape index (κ1) is 14.0. The van der Waals surface area contributed by atoms with E-state index in [1.807, 2.05) is 12.3 Å². The van der Waals surface area contributed by atoms with Crippen LogP contribution in [0.4, 0.5) is 4.79 Å². The van der Waals surface area contributed by atoms with E-state index in [1.165, 1.54) is 10.5 Å². The van der Waals surface area contributed by atoms with Gasteiger partial charge in [0.1, 0.15) is 0 Å². The van der Waals surface area contributed by atoms with Crippen LogP contribution in [-0.4, -0.2) is 52.9 Å². The third kappa shape index (κ3) is 3.39. The van der Waals surface area contributed by atoms with E-state index in [0.717, 1.165) is 32.5 Å². The molecule has 0 saturated carbocycles. The van der Waals surface area contributed by atoms with Crippen LogP contribution in [-0.2, 0) is 11.3 Å². The van der Waals surface area contributed by atoms with Crippen molar-refractivity contribution in [3.8, 4) is 0 Å². The summed E-state index contributed by atoms with van der Waals surface area (Å²) < 4.78 is 0. The number of amides is 3. The molecule has 2 aliphatic rings. The number of carbonyl (C=O) groups excluding carboxylic acids is 2. The summed E-state index contributed by atoms with van der Waals surface area (Å²) >= 11 is 0. The molecule has 0 radical (unpaired) electrons. The molecule has 0 aromatic carbocycles. The predicted molar refractivity (Wildman–Crippen MR) is 77.3 cm³/mol. The molecule has 112 valence electrons. The van der Waals surface area contributed by atoms with Gasteiger partial charge in [0.25, 0.3) is 0 Å². The van der Waals surface area contributed by atoms with Gasteiger partial charge in [-0.2, -0.15) is 0 Å². The van der Waals surface area contributed by atoms with Gasteiger partial charge in [-0.15, -0.1) is 0 Å². The molecule has 1 unspecified atom stereocenters. The lowest BCUT2D eigenvalue weighted by Crippen LogP contribution is -2.42.